The molecule has 0 saturated heterocycles. The van der Waals surface area contributed by atoms with Gasteiger partial charge in [0.15, 0.2) is 0 Å². The molecule has 1 heterocycles. The van der Waals surface area contributed by atoms with Gasteiger partial charge < -0.3 is 15.7 Å². The average Bonchev–Trinajstić information content (AvgIpc) is 2.86. The Hall–Kier alpha value is -1.07. The minimum Gasteiger partial charge on any atom is -0.397 e. The van der Waals surface area contributed by atoms with Gasteiger partial charge in [0.05, 0.1) is 11.3 Å². The summed E-state index contributed by atoms with van der Waals surface area (Å²) in [6, 6.07) is 1.73. The van der Waals surface area contributed by atoms with E-state index in [0.29, 0.717) is 17.1 Å². The SMILES string of the molecule is CN(CC1(O)CCCC1)C(=O)c1sccc1N. The molecular weight excluding hydrogens is 236 g/mol. The van der Waals surface area contributed by atoms with Crippen LogP contribution >= 0.6 is 11.3 Å². The summed E-state index contributed by atoms with van der Waals surface area (Å²) in [4.78, 5) is 14.2. The number of hydrogen-bond donors (Lipinski definition) is 2. The van der Waals surface area contributed by atoms with Crippen molar-refractivity contribution in [3.05, 3.63) is 16.3 Å². The minimum atomic E-state index is -0.698. The Kier molecular flexibility index (Phi) is 3.40. The lowest BCUT2D eigenvalue weighted by Gasteiger charge is -2.28. The summed E-state index contributed by atoms with van der Waals surface area (Å²) in [5.41, 5.74) is 5.54. The van der Waals surface area contributed by atoms with Crippen molar-refractivity contribution in [2.24, 2.45) is 0 Å². The molecule has 0 aromatic carbocycles. The predicted molar refractivity (Wildman–Crippen MR) is 69.1 cm³/mol. The molecule has 0 radical (unpaired) electrons. The largest absolute Gasteiger partial charge is 0.397 e. The molecule has 1 aliphatic carbocycles. The van der Waals surface area contributed by atoms with Gasteiger partial charge in [0.25, 0.3) is 5.91 Å². The second-order valence-corrected chi connectivity index (χ2v) is 5.71. The van der Waals surface area contributed by atoms with Crippen LogP contribution in [-0.4, -0.2) is 35.1 Å². The van der Waals surface area contributed by atoms with Crippen molar-refractivity contribution < 1.29 is 9.90 Å². The van der Waals surface area contributed by atoms with E-state index in [4.69, 9.17) is 5.73 Å². The fourth-order valence-corrected chi connectivity index (χ4v) is 3.18. The van der Waals surface area contributed by atoms with E-state index < -0.39 is 5.60 Å². The van der Waals surface area contributed by atoms with Gasteiger partial charge in [-0.2, -0.15) is 0 Å². The molecule has 17 heavy (non-hydrogen) atoms. The van der Waals surface area contributed by atoms with E-state index in [1.807, 2.05) is 0 Å². The number of nitrogens with zero attached hydrogens (tertiary/aromatic N) is 1. The minimum absolute atomic E-state index is 0.0992. The molecule has 3 N–H and O–H groups in total. The Labute approximate surface area is 105 Å². The summed E-state index contributed by atoms with van der Waals surface area (Å²) in [5, 5.41) is 12.1. The van der Waals surface area contributed by atoms with Gasteiger partial charge in [0.2, 0.25) is 0 Å². The number of hydrogen-bond acceptors (Lipinski definition) is 4. The molecule has 0 spiro atoms. The number of likely N-dealkylation sites (N-methyl/N-ethyl adjacent to an activating group) is 1. The van der Waals surface area contributed by atoms with E-state index in [9.17, 15) is 9.90 Å². The first-order chi connectivity index (χ1) is 8.02. The molecule has 0 unspecified atom stereocenters. The van der Waals surface area contributed by atoms with E-state index >= 15 is 0 Å². The molecule has 0 atom stereocenters. The fourth-order valence-electron chi connectivity index (χ4n) is 2.37. The van der Waals surface area contributed by atoms with Crippen molar-refractivity contribution in [2.75, 3.05) is 19.3 Å². The zero-order chi connectivity index (χ0) is 12.5. The lowest BCUT2D eigenvalue weighted by Crippen LogP contribution is -2.41. The van der Waals surface area contributed by atoms with Crippen LogP contribution in [0.5, 0.6) is 0 Å². The lowest BCUT2D eigenvalue weighted by molar-refractivity contribution is 0.0159. The van der Waals surface area contributed by atoms with Gasteiger partial charge in [-0.3, -0.25) is 4.79 Å². The van der Waals surface area contributed by atoms with Gasteiger partial charge in [-0.05, 0) is 24.3 Å². The van der Waals surface area contributed by atoms with Crippen LogP contribution < -0.4 is 5.73 Å². The summed E-state index contributed by atoms with van der Waals surface area (Å²) < 4.78 is 0. The van der Waals surface area contributed by atoms with Gasteiger partial charge in [-0.1, -0.05) is 12.8 Å². The van der Waals surface area contributed by atoms with E-state index in [2.05, 4.69) is 0 Å². The Bertz CT molecular complexity index is 410. The topological polar surface area (TPSA) is 66.6 Å². The normalized spacial score (nSPS) is 18.2. The van der Waals surface area contributed by atoms with Crippen molar-refractivity contribution in [3.63, 3.8) is 0 Å². The highest BCUT2D eigenvalue weighted by Crippen LogP contribution is 2.30. The quantitative estimate of drug-likeness (QED) is 0.863. The van der Waals surface area contributed by atoms with Gasteiger partial charge in [0, 0.05) is 13.6 Å². The first-order valence-electron chi connectivity index (χ1n) is 5.83. The van der Waals surface area contributed by atoms with E-state index in [-0.39, 0.29) is 5.91 Å². The molecule has 0 aliphatic heterocycles. The zero-order valence-electron chi connectivity index (χ0n) is 9.98. The van der Waals surface area contributed by atoms with Crippen LogP contribution in [0.15, 0.2) is 11.4 Å². The zero-order valence-corrected chi connectivity index (χ0v) is 10.8. The van der Waals surface area contributed by atoms with Gasteiger partial charge >= 0.3 is 0 Å². The smallest absolute Gasteiger partial charge is 0.265 e. The van der Waals surface area contributed by atoms with Gasteiger partial charge in [-0.15, -0.1) is 11.3 Å². The number of carbonyl (C=O) groups excluding carboxylic acids is 1. The monoisotopic (exact) mass is 254 g/mol. The fraction of sp³-hybridized carbons (Fsp3) is 0.583. The third-order valence-corrected chi connectivity index (χ3v) is 4.22. The Balaban J connectivity index is 2.03. The maximum atomic E-state index is 12.1. The third kappa shape index (κ3) is 2.61. The van der Waals surface area contributed by atoms with Crippen molar-refractivity contribution in [2.45, 2.75) is 31.3 Å². The summed E-state index contributed by atoms with van der Waals surface area (Å²) in [5.74, 6) is -0.0992. The number of anilines is 1. The van der Waals surface area contributed by atoms with Crippen molar-refractivity contribution >= 4 is 22.9 Å². The van der Waals surface area contributed by atoms with Gasteiger partial charge in [-0.25, -0.2) is 0 Å². The number of aliphatic hydroxyl groups is 1. The molecule has 94 valence electrons. The van der Waals surface area contributed by atoms with E-state index in [1.54, 1.807) is 23.4 Å². The molecule has 5 heteroatoms. The van der Waals surface area contributed by atoms with Crippen LogP contribution in [-0.2, 0) is 0 Å². The van der Waals surface area contributed by atoms with Crippen LogP contribution in [0.2, 0.25) is 0 Å². The van der Waals surface area contributed by atoms with Crippen molar-refractivity contribution in [1.29, 1.82) is 0 Å². The maximum Gasteiger partial charge on any atom is 0.265 e. The lowest BCUT2D eigenvalue weighted by atomic mass is 10.0. The maximum absolute atomic E-state index is 12.1. The number of rotatable bonds is 3. The molecule has 1 aromatic heterocycles. The Morgan fingerprint density at radius 2 is 2.24 bits per heavy atom. The van der Waals surface area contributed by atoms with E-state index in [0.717, 1.165) is 25.7 Å². The van der Waals surface area contributed by atoms with E-state index in [1.165, 1.54) is 11.3 Å². The third-order valence-electron chi connectivity index (χ3n) is 3.30. The predicted octanol–water partition coefficient (Wildman–Crippen LogP) is 1.71. The Morgan fingerprint density at radius 3 is 2.76 bits per heavy atom. The molecule has 1 aromatic rings. The standard InChI is InChI=1S/C12H18N2O2S/c1-14(8-12(16)5-2-3-6-12)11(15)10-9(13)4-7-17-10/h4,7,16H,2-3,5-6,8,13H2,1H3. The summed E-state index contributed by atoms with van der Waals surface area (Å²) in [7, 11) is 1.72. The van der Waals surface area contributed by atoms with Crippen LogP contribution in [0.4, 0.5) is 5.69 Å². The van der Waals surface area contributed by atoms with Gasteiger partial charge in [0.1, 0.15) is 4.88 Å². The van der Waals surface area contributed by atoms with Crippen molar-refractivity contribution in [1.82, 2.24) is 4.90 Å². The molecular formula is C12H18N2O2S. The highest BCUT2D eigenvalue weighted by molar-refractivity contribution is 7.12. The molecule has 4 nitrogen and oxygen atoms in total. The van der Waals surface area contributed by atoms with Crippen LogP contribution in [0.1, 0.15) is 35.4 Å². The molecule has 0 bridgehead atoms. The number of amides is 1. The summed E-state index contributed by atoms with van der Waals surface area (Å²) in [6.45, 7) is 0.392. The molecule has 2 rings (SSSR count). The number of nitrogen functional groups attached to an aromatic ring is 1. The summed E-state index contributed by atoms with van der Waals surface area (Å²) in [6.07, 6.45) is 3.65. The molecule has 1 aliphatic rings. The van der Waals surface area contributed by atoms with Crippen LogP contribution in [0.25, 0.3) is 0 Å². The first-order valence-corrected chi connectivity index (χ1v) is 6.71. The highest BCUT2D eigenvalue weighted by atomic mass is 32.1. The Morgan fingerprint density at radius 1 is 1.59 bits per heavy atom. The van der Waals surface area contributed by atoms with Crippen LogP contribution in [0.3, 0.4) is 0 Å². The second-order valence-electron chi connectivity index (χ2n) is 4.80. The highest BCUT2D eigenvalue weighted by Gasteiger charge is 2.33. The van der Waals surface area contributed by atoms with Crippen molar-refractivity contribution in [3.8, 4) is 0 Å². The number of thiophene rings is 1. The average molecular weight is 254 g/mol. The molecule has 1 amide bonds. The number of carbonyl (C=O) groups is 1. The molecule has 1 fully saturated rings. The second kappa shape index (κ2) is 4.66. The summed E-state index contributed by atoms with van der Waals surface area (Å²) >= 11 is 1.34. The number of nitrogens with two attached hydrogens (primary N) is 1. The van der Waals surface area contributed by atoms with Crippen LogP contribution in [0, 0.1) is 0 Å². The first kappa shape index (κ1) is 12.4. The molecule has 1 saturated carbocycles.